The summed E-state index contributed by atoms with van der Waals surface area (Å²) in [7, 11) is -2.40. The van der Waals surface area contributed by atoms with Gasteiger partial charge in [-0.3, -0.25) is 4.79 Å². The highest BCUT2D eigenvalue weighted by molar-refractivity contribution is 7.89. The van der Waals surface area contributed by atoms with Crippen LogP contribution in [0.4, 0.5) is 0 Å². The van der Waals surface area contributed by atoms with Crippen molar-refractivity contribution in [3.63, 3.8) is 0 Å². The molecule has 1 aromatic heterocycles. The number of amides is 1. The normalized spacial score (nSPS) is 12.6. The molecule has 110 valence electrons. The van der Waals surface area contributed by atoms with E-state index in [0.717, 1.165) is 0 Å². The molecule has 4 N–H and O–H groups in total. The number of furan rings is 1. The van der Waals surface area contributed by atoms with Gasteiger partial charge in [0.15, 0.2) is 5.76 Å². The summed E-state index contributed by atoms with van der Waals surface area (Å²) < 4.78 is 29.8. The molecule has 0 aliphatic rings. The number of sulfonamides is 1. The summed E-state index contributed by atoms with van der Waals surface area (Å²) in [5.41, 5.74) is 5.53. The second-order valence-electron chi connectivity index (χ2n) is 3.85. The Hall–Kier alpha value is -1.09. The summed E-state index contributed by atoms with van der Waals surface area (Å²) in [6.45, 7) is 2.24. The van der Waals surface area contributed by atoms with E-state index in [9.17, 15) is 13.2 Å². The topological polar surface area (TPSA) is 114 Å². The van der Waals surface area contributed by atoms with Gasteiger partial charge in [-0.05, 0) is 32.5 Å². The van der Waals surface area contributed by atoms with Crippen molar-refractivity contribution in [3.05, 3.63) is 17.9 Å². The van der Waals surface area contributed by atoms with Crippen LogP contribution in [0.1, 0.15) is 23.9 Å². The fourth-order valence-corrected chi connectivity index (χ4v) is 1.84. The second-order valence-corrected chi connectivity index (χ2v) is 5.67. The van der Waals surface area contributed by atoms with Crippen LogP contribution in [0.25, 0.3) is 0 Å². The molecule has 0 bridgehead atoms. The SMILES string of the molecule is CNS(=O)(=O)c1ccc(C(=O)NCCC(C)N)o1.Cl. The lowest BCUT2D eigenvalue weighted by Crippen LogP contribution is -2.28. The number of carbonyl (C=O) groups excluding carboxylic acids is 1. The van der Waals surface area contributed by atoms with Gasteiger partial charge in [-0.1, -0.05) is 0 Å². The average Bonchev–Trinajstić information content (AvgIpc) is 2.78. The van der Waals surface area contributed by atoms with E-state index >= 15 is 0 Å². The number of hydrogen-bond donors (Lipinski definition) is 3. The van der Waals surface area contributed by atoms with Crippen molar-refractivity contribution in [2.75, 3.05) is 13.6 Å². The zero-order valence-electron chi connectivity index (χ0n) is 10.7. The van der Waals surface area contributed by atoms with E-state index in [1.807, 2.05) is 6.92 Å². The molecule has 0 saturated heterocycles. The van der Waals surface area contributed by atoms with Crippen molar-refractivity contribution in [2.45, 2.75) is 24.5 Å². The smallest absolute Gasteiger partial charge is 0.287 e. The maximum absolute atomic E-state index is 11.6. The molecular formula is C10H18ClN3O4S. The third-order valence-electron chi connectivity index (χ3n) is 2.22. The Morgan fingerprint density at radius 1 is 1.47 bits per heavy atom. The van der Waals surface area contributed by atoms with Crippen molar-refractivity contribution in [1.29, 1.82) is 0 Å². The minimum Gasteiger partial charge on any atom is -0.438 e. The molecule has 1 rings (SSSR count). The molecular weight excluding hydrogens is 294 g/mol. The molecule has 1 aromatic rings. The first-order chi connectivity index (χ1) is 8.36. The lowest BCUT2D eigenvalue weighted by atomic mass is 10.2. The van der Waals surface area contributed by atoms with E-state index in [1.54, 1.807) is 0 Å². The van der Waals surface area contributed by atoms with E-state index in [2.05, 4.69) is 10.0 Å². The van der Waals surface area contributed by atoms with Crippen LogP contribution in [0.15, 0.2) is 21.6 Å². The zero-order chi connectivity index (χ0) is 13.8. The fourth-order valence-electron chi connectivity index (χ4n) is 1.19. The third kappa shape index (κ3) is 5.19. The highest BCUT2D eigenvalue weighted by Crippen LogP contribution is 2.13. The summed E-state index contributed by atoms with van der Waals surface area (Å²) in [6, 6.07) is 2.53. The molecule has 1 heterocycles. The second kappa shape index (κ2) is 7.49. The van der Waals surface area contributed by atoms with Crippen molar-refractivity contribution in [1.82, 2.24) is 10.0 Å². The van der Waals surface area contributed by atoms with E-state index in [4.69, 9.17) is 10.2 Å². The molecule has 19 heavy (non-hydrogen) atoms. The van der Waals surface area contributed by atoms with E-state index in [0.29, 0.717) is 13.0 Å². The van der Waals surface area contributed by atoms with Crippen molar-refractivity contribution in [2.24, 2.45) is 5.73 Å². The first kappa shape index (κ1) is 17.9. The molecule has 1 amide bonds. The summed E-state index contributed by atoms with van der Waals surface area (Å²) >= 11 is 0. The Bertz CT molecular complexity index is 513. The molecule has 0 aliphatic carbocycles. The zero-order valence-corrected chi connectivity index (χ0v) is 12.3. The van der Waals surface area contributed by atoms with E-state index in [1.165, 1.54) is 19.2 Å². The van der Waals surface area contributed by atoms with Gasteiger partial charge in [0.1, 0.15) is 0 Å². The van der Waals surface area contributed by atoms with Gasteiger partial charge in [0.25, 0.3) is 15.9 Å². The molecule has 0 fully saturated rings. The maximum atomic E-state index is 11.6. The lowest BCUT2D eigenvalue weighted by Gasteiger charge is -2.05. The Balaban J connectivity index is 0.00000324. The number of nitrogens with one attached hydrogen (secondary N) is 2. The van der Waals surface area contributed by atoms with Crippen molar-refractivity contribution < 1.29 is 17.6 Å². The molecule has 0 aromatic carbocycles. The number of carbonyl (C=O) groups is 1. The van der Waals surface area contributed by atoms with Crippen molar-refractivity contribution in [3.8, 4) is 0 Å². The van der Waals surface area contributed by atoms with Crippen LogP contribution in [-0.4, -0.2) is 34.0 Å². The average molecular weight is 312 g/mol. The molecule has 9 heteroatoms. The van der Waals surface area contributed by atoms with E-state index in [-0.39, 0.29) is 29.3 Å². The van der Waals surface area contributed by atoms with Gasteiger partial charge in [-0.15, -0.1) is 12.4 Å². The van der Waals surface area contributed by atoms with Gasteiger partial charge in [-0.2, -0.15) is 0 Å². The van der Waals surface area contributed by atoms with Crippen LogP contribution in [0.3, 0.4) is 0 Å². The monoisotopic (exact) mass is 311 g/mol. The van der Waals surface area contributed by atoms with E-state index < -0.39 is 15.9 Å². The van der Waals surface area contributed by atoms with Crippen LogP contribution in [0.2, 0.25) is 0 Å². The summed E-state index contributed by atoms with van der Waals surface area (Å²) in [5, 5.41) is 2.30. The fraction of sp³-hybridized carbons (Fsp3) is 0.500. The summed E-state index contributed by atoms with van der Waals surface area (Å²) in [6.07, 6.45) is 0.633. The molecule has 0 saturated carbocycles. The quantitative estimate of drug-likeness (QED) is 0.688. The van der Waals surface area contributed by atoms with Gasteiger partial charge in [0.05, 0.1) is 0 Å². The third-order valence-corrected chi connectivity index (χ3v) is 3.51. The molecule has 0 aliphatic heterocycles. The first-order valence-electron chi connectivity index (χ1n) is 5.44. The van der Waals surface area contributed by atoms with Gasteiger partial charge in [-0.25, -0.2) is 13.1 Å². The molecule has 0 radical (unpaired) electrons. The minimum absolute atomic E-state index is 0. The summed E-state index contributed by atoms with van der Waals surface area (Å²) in [4.78, 5) is 11.6. The Morgan fingerprint density at radius 3 is 2.63 bits per heavy atom. The Kier molecular flexibility index (Phi) is 7.06. The molecule has 1 unspecified atom stereocenters. The van der Waals surface area contributed by atoms with Gasteiger partial charge < -0.3 is 15.5 Å². The van der Waals surface area contributed by atoms with Crippen molar-refractivity contribution >= 4 is 28.3 Å². The molecule has 0 spiro atoms. The van der Waals surface area contributed by atoms with Crippen LogP contribution < -0.4 is 15.8 Å². The van der Waals surface area contributed by atoms with Gasteiger partial charge in [0.2, 0.25) is 5.09 Å². The van der Waals surface area contributed by atoms with Crippen LogP contribution in [0.5, 0.6) is 0 Å². The Morgan fingerprint density at radius 2 is 2.11 bits per heavy atom. The predicted molar refractivity (Wildman–Crippen MR) is 72.8 cm³/mol. The van der Waals surface area contributed by atoms with Gasteiger partial charge in [0, 0.05) is 12.6 Å². The molecule has 1 atom stereocenters. The first-order valence-corrected chi connectivity index (χ1v) is 6.92. The number of nitrogens with two attached hydrogens (primary N) is 1. The number of hydrogen-bond acceptors (Lipinski definition) is 5. The lowest BCUT2D eigenvalue weighted by molar-refractivity contribution is 0.0919. The maximum Gasteiger partial charge on any atom is 0.287 e. The minimum atomic E-state index is -3.66. The predicted octanol–water partition coefficient (Wildman–Crippen LogP) is 0.0766. The molecule has 7 nitrogen and oxygen atoms in total. The number of rotatable bonds is 6. The highest BCUT2D eigenvalue weighted by atomic mass is 35.5. The van der Waals surface area contributed by atoms with Crippen LogP contribution in [-0.2, 0) is 10.0 Å². The Labute approximate surface area is 118 Å². The highest BCUT2D eigenvalue weighted by Gasteiger charge is 2.19. The van der Waals surface area contributed by atoms with Crippen LogP contribution >= 0.6 is 12.4 Å². The van der Waals surface area contributed by atoms with Gasteiger partial charge >= 0.3 is 0 Å². The standard InChI is InChI=1S/C10H17N3O4S.ClH/c1-7(11)5-6-13-10(14)8-3-4-9(17-8)18(15,16)12-2;/h3-4,7,12H,5-6,11H2,1-2H3,(H,13,14);1H. The summed E-state index contributed by atoms with van der Waals surface area (Å²) in [5.74, 6) is -0.512. The number of halogens is 1. The van der Waals surface area contributed by atoms with Crippen LogP contribution in [0, 0.1) is 0 Å². The largest absolute Gasteiger partial charge is 0.438 e.